The van der Waals surface area contributed by atoms with E-state index in [0.717, 1.165) is 17.1 Å². The molecule has 0 bridgehead atoms. The Kier molecular flexibility index (Phi) is 2.09. The molecule has 2 aliphatic heterocycles. The highest BCUT2D eigenvalue weighted by Gasteiger charge is 2.23. The third kappa shape index (κ3) is 1.54. The molecule has 1 aromatic rings. The molecule has 16 heavy (non-hydrogen) atoms. The highest BCUT2D eigenvalue weighted by atomic mass is 16.6. The fourth-order valence-electron chi connectivity index (χ4n) is 1.93. The molecule has 0 radical (unpaired) electrons. The molecule has 0 aliphatic carbocycles. The molecule has 0 saturated carbocycles. The van der Waals surface area contributed by atoms with Crippen LogP contribution < -0.4 is 20.1 Å². The molecule has 5 heteroatoms. The van der Waals surface area contributed by atoms with Gasteiger partial charge in [0.15, 0.2) is 11.5 Å². The van der Waals surface area contributed by atoms with Gasteiger partial charge in [-0.15, -0.1) is 0 Å². The third-order valence-electron chi connectivity index (χ3n) is 2.74. The monoisotopic (exact) mass is 220 g/mol. The number of urea groups is 1. The van der Waals surface area contributed by atoms with E-state index in [1.54, 1.807) is 0 Å². The van der Waals surface area contributed by atoms with Crippen molar-refractivity contribution >= 4 is 6.03 Å². The van der Waals surface area contributed by atoms with Gasteiger partial charge in [0.2, 0.25) is 0 Å². The highest BCUT2D eigenvalue weighted by molar-refractivity contribution is 5.77. The van der Waals surface area contributed by atoms with E-state index in [1.165, 1.54) is 0 Å². The lowest BCUT2D eigenvalue weighted by molar-refractivity contribution is 0.171. The lowest BCUT2D eigenvalue weighted by atomic mass is 10.1. The Morgan fingerprint density at radius 1 is 1.19 bits per heavy atom. The van der Waals surface area contributed by atoms with Crippen LogP contribution in [-0.2, 0) is 0 Å². The van der Waals surface area contributed by atoms with Crippen LogP contribution in [-0.4, -0.2) is 25.8 Å². The Labute approximate surface area is 92.7 Å². The van der Waals surface area contributed by atoms with E-state index in [2.05, 4.69) is 10.6 Å². The van der Waals surface area contributed by atoms with E-state index < -0.39 is 0 Å². The standard InChI is InChI=1S/C11H12N2O3/c14-11-12-6-8(13-11)7-1-2-9-10(5-7)16-4-3-15-9/h1-2,5,8H,3-4,6H2,(H2,12,13,14). The molecule has 1 aromatic carbocycles. The van der Waals surface area contributed by atoms with Crippen LogP contribution in [0, 0.1) is 0 Å². The van der Waals surface area contributed by atoms with Crippen LogP contribution in [0.15, 0.2) is 18.2 Å². The van der Waals surface area contributed by atoms with Gasteiger partial charge in [0.1, 0.15) is 13.2 Å². The average molecular weight is 220 g/mol. The number of hydrogen-bond acceptors (Lipinski definition) is 3. The lowest BCUT2D eigenvalue weighted by Gasteiger charge is -2.20. The van der Waals surface area contributed by atoms with Crippen molar-refractivity contribution in [3.8, 4) is 11.5 Å². The van der Waals surface area contributed by atoms with Crippen molar-refractivity contribution in [2.45, 2.75) is 6.04 Å². The van der Waals surface area contributed by atoms with Gasteiger partial charge in [0.05, 0.1) is 6.04 Å². The Balaban J connectivity index is 1.88. The number of carbonyl (C=O) groups is 1. The maximum absolute atomic E-state index is 11.0. The van der Waals surface area contributed by atoms with E-state index in [9.17, 15) is 4.79 Å². The van der Waals surface area contributed by atoms with Crippen molar-refractivity contribution in [1.29, 1.82) is 0 Å². The van der Waals surface area contributed by atoms with E-state index in [0.29, 0.717) is 19.8 Å². The van der Waals surface area contributed by atoms with Crippen molar-refractivity contribution in [1.82, 2.24) is 10.6 Å². The second-order valence-electron chi connectivity index (χ2n) is 3.81. The predicted molar refractivity (Wildman–Crippen MR) is 56.7 cm³/mol. The first-order valence-corrected chi connectivity index (χ1v) is 5.27. The molecular formula is C11H12N2O3. The lowest BCUT2D eigenvalue weighted by Crippen LogP contribution is -2.22. The number of fused-ring (bicyclic) bond motifs is 1. The topological polar surface area (TPSA) is 59.6 Å². The van der Waals surface area contributed by atoms with E-state index in [1.807, 2.05) is 18.2 Å². The molecule has 2 amide bonds. The van der Waals surface area contributed by atoms with Crippen molar-refractivity contribution in [3.63, 3.8) is 0 Å². The fraction of sp³-hybridized carbons (Fsp3) is 0.364. The van der Waals surface area contributed by atoms with E-state index >= 15 is 0 Å². The van der Waals surface area contributed by atoms with Crippen LogP contribution in [0.2, 0.25) is 0 Å². The molecule has 5 nitrogen and oxygen atoms in total. The zero-order chi connectivity index (χ0) is 11.0. The molecule has 84 valence electrons. The Morgan fingerprint density at radius 3 is 2.75 bits per heavy atom. The molecule has 2 N–H and O–H groups in total. The molecule has 1 fully saturated rings. The quantitative estimate of drug-likeness (QED) is 0.736. The zero-order valence-corrected chi connectivity index (χ0v) is 8.66. The van der Waals surface area contributed by atoms with Gasteiger partial charge in [-0.1, -0.05) is 6.07 Å². The highest BCUT2D eigenvalue weighted by Crippen LogP contribution is 2.32. The maximum atomic E-state index is 11.0. The first kappa shape index (κ1) is 9.33. The van der Waals surface area contributed by atoms with Gasteiger partial charge < -0.3 is 20.1 Å². The summed E-state index contributed by atoms with van der Waals surface area (Å²) in [6.07, 6.45) is 0. The van der Waals surface area contributed by atoms with Gasteiger partial charge in [-0.3, -0.25) is 0 Å². The molecule has 2 heterocycles. The van der Waals surface area contributed by atoms with Crippen LogP contribution in [0.5, 0.6) is 11.5 Å². The first-order chi connectivity index (χ1) is 7.83. The summed E-state index contributed by atoms with van der Waals surface area (Å²) < 4.78 is 10.9. The van der Waals surface area contributed by atoms with Crippen molar-refractivity contribution in [2.75, 3.05) is 19.8 Å². The molecule has 0 aromatic heterocycles. The molecule has 0 spiro atoms. The number of amides is 2. The largest absolute Gasteiger partial charge is 0.486 e. The first-order valence-electron chi connectivity index (χ1n) is 5.27. The molecule has 2 aliphatic rings. The van der Waals surface area contributed by atoms with Crippen LogP contribution >= 0.6 is 0 Å². The molecule has 1 atom stereocenters. The van der Waals surface area contributed by atoms with Crippen LogP contribution in [0.3, 0.4) is 0 Å². The number of ether oxygens (including phenoxy) is 2. The SMILES string of the molecule is O=C1NCC(c2ccc3c(c2)OCCO3)N1. The normalized spacial score (nSPS) is 22.5. The maximum Gasteiger partial charge on any atom is 0.315 e. The minimum absolute atomic E-state index is 0.0170. The minimum Gasteiger partial charge on any atom is -0.486 e. The summed E-state index contributed by atoms with van der Waals surface area (Å²) in [7, 11) is 0. The molecule has 1 saturated heterocycles. The third-order valence-corrected chi connectivity index (χ3v) is 2.74. The number of rotatable bonds is 1. The smallest absolute Gasteiger partial charge is 0.315 e. The van der Waals surface area contributed by atoms with Gasteiger partial charge in [-0.2, -0.15) is 0 Å². The second kappa shape index (κ2) is 3.59. The van der Waals surface area contributed by atoms with Gasteiger partial charge in [-0.25, -0.2) is 4.79 Å². The van der Waals surface area contributed by atoms with Gasteiger partial charge in [0, 0.05) is 6.54 Å². The van der Waals surface area contributed by atoms with Crippen LogP contribution in [0.25, 0.3) is 0 Å². The Bertz CT molecular complexity index is 433. The number of benzene rings is 1. The second-order valence-corrected chi connectivity index (χ2v) is 3.81. The van der Waals surface area contributed by atoms with E-state index in [-0.39, 0.29) is 12.1 Å². The summed E-state index contributed by atoms with van der Waals surface area (Å²) in [5, 5.41) is 5.56. The zero-order valence-electron chi connectivity index (χ0n) is 8.66. The summed E-state index contributed by atoms with van der Waals surface area (Å²) in [5.41, 5.74) is 1.03. The summed E-state index contributed by atoms with van der Waals surface area (Å²) in [4.78, 5) is 11.0. The van der Waals surface area contributed by atoms with Crippen molar-refractivity contribution in [2.24, 2.45) is 0 Å². The van der Waals surface area contributed by atoms with Crippen LogP contribution in [0.1, 0.15) is 11.6 Å². The summed E-state index contributed by atoms with van der Waals surface area (Å²) in [5.74, 6) is 1.53. The minimum atomic E-state index is -0.125. The summed E-state index contributed by atoms with van der Waals surface area (Å²) in [6, 6.07) is 5.65. The van der Waals surface area contributed by atoms with Gasteiger partial charge in [-0.05, 0) is 17.7 Å². The van der Waals surface area contributed by atoms with Crippen LogP contribution in [0.4, 0.5) is 4.79 Å². The molecular weight excluding hydrogens is 208 g/mol. The van der Waals surface area contributed by atoms with Gasteiger partial charge in [0.25, 0.3) is 0 Å². The summed E-state index contributed by atoms with van der Waals surface area (Å²) in [6.45, 7) is 1.78. The molecule has 3 rings (SSSR count). The Morgan fingerprint density at radius 2 is 2.00 bits per heavy atom. The van der Waals surface area contributed by atoms with Crippen molar-refractivity contribution < 1.29 is 14.3 Å². The number of nitrogens with one attached hydrogen (secondary N) is 2. The Hall–Kier alpha value is -1.91. The number of hydrogen-bond donors (Lipinski definition) is 2. The van der Waals surface area contributed by atoms with Crippen molar-refractivity contribution in [3.05, 3.63) is 23.8 Å². The fourth-order valence-corrected chi connectivity index (χ4v) is 1.93. The predicted octanol–water partition coefficient (Wildman–Crippen LogP) is 0.812. The van der Waals surface area contributed by atoms with E-state index in [4.69, 9.17) is 9.47 Å². The molecule has 1 unspecified atom stereocenters. The summed E-state index contributed by atoms with van der Waals surface area (Å²) >= 11 is 0. The average Bonchev–Trinajstić information content (AvgIpc) is 2.75. The number of carbonyl (C=O) groups excluding carboxylic acids is 1. The van der Waals surface area contributed by atoms with Gasteiger partial charge >= 0.3 is 6.03 Å².